The Labute approximate surface area is 134 Å². The van der Waals surface area contributed by atoms with Crippen LogP contribution in [0, 0.1) is 23.7 Å². The first-order valence-electron chi connectivity index (χ1n) is 8.02. The normalized spacial score (nSPS) is 31.4. The molecule has 1 aromatic carbocycles. The first kappa shape index (κ1) is 14.2. The summed E-state index contributed by atoms with van der Waals surface area (Å²) in [6.45, 7) is 2.54. The van der Waals surface area contributed by atoms with E-state index < -0.39 is 0 Å². The predicted octanol–water partition coefficient (Wildman–Crippen LogP) is 2.23. The standard InChI is InChI=1S/C18H18N2O3/c1-2-23-14-7-3-11(4-8-14)10-19-20-17(21)15-12-5-6-13(9-12)16(15)18(20)22/h3-8,10,12-13,15-16H,2,9H2,1H3/b19-10-/t12-,13-,15-,16+/m0/s1. The van der Waals surface area contributed by atoms with Gasteiger partial charge in [0.25, 0.3) is 11.8 Å². The fraction of sp³-hybridized carbons (Fsp3) is 0.389. The van der Waals surface area contributed by atoms with Crippen LogP contribution in [0.3, 0.4) is 0 Å². The molecular weight excluding hydrogens is 292 g/mol. The Balaban J connectivity index is 1.51. The fourth-order valence-corrected chi connectivity index (χ4v) is 3.94. The molecule has 0 radical (unpaired) electrons. The first-order chi connectivity index (χ1) is 11.2. The Bertz CT molecular complexity index is 677. The second-order valence-corrected chi connectivity index (χ2v) is 6.23. The molecule has 2 aliphatic carbocycles. The Hall–Kier alpha value is -2.43. The predicted molar refractivity (Wildman–Crippen MR) is 84.8 cm³/mol. The Morgan fingerprint density at radius 2 is 1.74 bits per heavy atom. The van der Waals surface area contributed by atoms with Crippen molar-refractivity contribution in [2.75, 3.05) is 6.61 Å². The molecule has 1 aromatic rings. The third kappa shape index (κ3) is 2.19. The molecule has 4 rings (SSSR count). The number of fused-ring (bicyclic) bond motifs is 5. The highest BCUT2D eigenvalue weighted by Crippen LogP contribution is 2.52. The number of nitrogens with zero attached hydrogens (tertiary/aromatic N) is 2. The maximum atomic E-state index is 12.5. The van der Waals surface area contributed by atoms with Crippen molar-refractivity contribution in [1.29, 1.82) is 0 Å². The highest BCUT2D eigenvalue weighted by atomic mass is 16.5. The third-order valence-corrected chi connectivity index (χ3v) is 4.96. The van der Waals surface area contributed by atoms with Gasteiger partial charge in [-0.05, 0) is 55.0 Å². The zero-order valence-electron chi connectivity index (χ0n) is 12.9. The molecule has 3 aliphatic rings. The van der Waals surface area contributed by atoms with Gasteiger partial charge in [-0.3, -0.25) is 9.59 Å². The highest BCUT2D eigenvalue weighted by Gasteiger charge is 2.59. The minimum atomic E-state index is -0.199. The summed E-state index contributed by atoms with van der Waals surface area (Å²) in [4.78, 5) is 25.0. The maximum absolute atomic E-state index is 12.5. The number of carbonyl (C=O) groups is 2. The van der Waals surface area contributed by atoms with E-state index in [9.17, 15) is 9.59 Å². The Kier molecular flexibility index (Phi) is 3.29. The number of hydrogen-bond acceptors (Lipinski definition) is 4. The summed E-state index contributed by atoms with van der Waals surface area (Å²) < 4.78 is 5.38. The van der Waals surface area contributed by atoms with Crippen LogP contribution in [-0.4, -0.2) is 29.6 Å². The summed E-state index contributed by atoms with van der Waals surface area (Å²) in [5, 5.41) is 5.22. The summed E-state index contributed by atoms with van der Waals surface area (Å²) >= 11 is 0. The molecule has 2 bridgehead atoms. The smallest absolute Gasteiger partial charge is 0.254 e. The van der Waals surface area contributed by atoms with E-state index in [0.717, 1.165) is 22.7 Å². The number of carbonyl (C=O) groups excluding carboxylic acids is 2. The second-order valence-electron chi connectivity index (χ2n) is 6.23. The van der Waals surface area contributed by atoms with Crippen LogP contribution >= 0.6 is 0 Å². The monoisotopic (exact) mass is 310 g/mol. The van der Waals surface area contributed by atoms with E-state index in [0.29, 0.717) is 6.61 Å². The van der Waals surface area contributed by atoms with Crippen molar-refractivity contribution in [2.45, 2.75) is 13.3 Å². The molecule has 0 unspecified atom stereocenters. The lowest BCUT2D eigenvalue weighted by Gasteiger charge is -2.13. The molecule has 4 atom stereocenters. The van der Waals surface area contributed by atoms with Gasteiger partial charge in [-0.2, -0.15) is 10.1 Å². The van der Waals surface area contributed by atoms with Crippen molar-refractivity contribution < 1.29 is 14.3 Å². The molecule has 0 spiro atoms. The van der Waals surface area contributed by atoms with E-state index >= 15 is 0 Å². The first-order valence-corrected chi connectivity index (χ1v) is 8.02. The molecule has 0 N–H and O–H groups in total. The second kappa shape index (κ2) is 5.33. The number of benzene rings is 1. The highest BCUT2D eigenvalue weighted by molar-refractivity contribution is 6.06. The molecule has 1 saturated heterocycles. The van der Waals surface area contributed by atoms with Crippen LogP contribution in [0.15, 0.2) is 41.5 Å². The lowest BCUT2D eigenvalue weighted by molar-refractivity contribution is -0.140. The lowest BCUT2D eigenvalue weighted by Crippen LogP contribution is -2.28. The number of hydrazone groups is 1. The Morgan fingerprint density at radius 1 is 1.13 bits per heavy atom. The van der Waals surface area contributed by atoms with E-state index in [1.807, 2.05) is 31.2 Å². The molecule has 0 aromatic heterocycles. The van der Waals surface area contributed by atoms with E-state index in [-0.39, 0.29) is 35.5 Å². The summed E-state index contributed by atoms with van der Waals surface area (Å²) in [6, 6.07) is 7.39. The van der Waals surface area contributed by atoms with Gasteiger partial charge in [0.2, 0.25) is 0 Å². The number of ether oxygens (including phenoxy) is 1. The SMILES string of the molecule is CCOc1ccc(/C=N\N2C(=O)[C@@H]3[C@H](C2=O)[C@H]2C=C[C@H]3C2)cc1. The molecule has 5 nitrogen and oxygen atoms in total. The summed E-state index contributed by atoms with van der Waals surface area (Å²) in [7, 11) is 0. The van der Waals surface area contributed by atoms with Crippen LogP contribution in [-0.2, 0) is 9.59 Å². The van der Waals surface area contributed by atoms with Crippen LogP contribution in [0.2, 0.25) is 0 Å². The zero-order chi connectivity index (χ0) is 16.0. The minimum absolute atomic E-state index is 0.154. The summed E-state index contributed by atoms with van der Waals surface area (Å²) in [6.07, 6.45) is 6.65. The van der Waals surface area contributed by atoms with Gasteiger partial charge in [0.1, 0.15) is 5.75 Å². The number of amides is 2. The van der Waals surface area contributed by atoms with E-state index in [4.69, 9.17) is 4.74 Å². The van der Waals surface area contributed by atoms with Crippen molar-refractivity contribution in [3.63, 3.8) is 0 Å². The van der Waals surface area contributed by atoms with Gasteiger partial charge in [-0.1, -0.05) is 12.2 Å². The number of allylic oxidation sites excluding steroid dienone is 2. The van der Waals surface area contributed by atoms with Crippen LogP contribution in [0.1, 0.15) is 18.9 Å². The number of rotatable bonds is 4. The third-order valence-electron chi connectivity index (χ3n) is 4.96. The van der Waals surface area contributed by atoms with Crippen LogP contribution in [0.4, 0.5) is 0 Å². The summed E-state index contributed by atoms with van der Waals surface area (Å²) in [5.74, 6) is 0.512. The minimum Gasteiger partial charge on any atom is -0.494 e. The quantitative estimate of drug-likeness (QED) is 0.487. The van der Waals surface area contributed by atoms with Gasteiger partial charge in [-0.25, -0.2) is 0 Å². The topological polar surface area (TPSA) is 59.0 Å². The van der Waals surface area contributed by atoms with Gasteiger partial charge >= 0.3 is 0 Å². The molecule has 1 saturated carbocycles. The molecular formula is C18H18N2O3. The van der Waals surface area contributed by atoms with Crippen LogP contribution in [0.5, 0.6) is 5.75 Å². The van der Waals surface area contributed by atoms with Crippen molar-refractivity contribution >= 4 is 18.0 Å². The van der Waals surface area contributed by atoms with E-state index in [1.165, 1.54) is 0 Å². The van der Waals surface area contributed by atoms with Crippen molar-refractivity contribution in [3.05, 3.63) is 42.0 Å². The van der Waals surface area contributed by atoms with Gasteiger partial charge in [-0.15, -0.1) is 0 Å². The van der Waals surface area contributed by atoms with E-state index in [1.54, 1.807) is 6.21 Å². The number of imide groups is 1. The van der Waals surface area contributed by atoms with Gasteiger partial charge in [0, 0.05) is 0 Å². The zero-order valence-corrected chi connectivity index (χ0v) is 12.9. The van der Waals surface area contributed by atoms with Gasteiger partial charge in [0.15, 0.2) is 0 Å². The van der Waals surface area contributed by atoms with Crippen molar-refractivity contribution in [3.8, 4) is 5.75 Å². The van der Waals surface area contributed by atoms with Crippen LogP contribution in [0.25, 0.3) is 0 Å². The average molecular weight is 310 g/mol. The molecule has 5 heteroatoms. The largest absolute Gasteiger partial charge is 0.494 e. The Morgan fingerprint density at radius 3 is 2.30 bits per heavy atom. The van der Waals surface area contributed by atoms with Crippen molar-refractivity contribution in [1.82, 2.24) is 5.01 Å². The van der Waals surface area contributed by atoms with Gasteiger partial charge in [0.05, 0.1) is 24.7 Å². The lowest BCUT2D eigenvalue weighted by atomic mass is 9.85. The fourth-order valence-electron chi connectivity index (χ4n) is 3.94. The molecule has 1 aliphatic heterocycles. The van der Waals surface area contributed by atoms with Crippen molar-refractivity contribution in [2.24, 2.45) is 28.8 Å². The maximum Gasteiger partial charge on any atom is 0.254 e. The molecule has 1 heterocycles. The average Bonchev–Trinajstić information content (AvgIpc) is 3.22. The molecule has 118 valence electrons. The molecule has 2 amide bonds. The number of hydrogen-bond donors (Lipinski definition) is 0. The molecule has 23 heavy (non-hydrogen) atoms. The summed E-state index contributed by atoms with van der Waals surface area (Å²) in [5.41, 5.74) is 0.826. The van der Waals surface area contributed by atoms with Gasteiger partial charge < -0.3 is 4.74 Å². The van der Waals surface area contributed by atoms with Crippen LogP contribution < -0.4 is 4.74 Å². The molecule has 2 fully saturated rings. The van der Waals surface area contributed by atoms with E-state index in [2.05, 4.69) is 17.3 Å².